The predicted molar refractivity (Wildman–Crippen MR) is 114 cm³/mol. The van der Waals surface area contributed by atoms with E-state index in [1.807, 2.05) is 6.07 Å². The number of carbonyl (C=O) groups is 2. The quantitative estimate of drug-likeness (QED) is 0.180. The molecule has 0 spiro atoms. The van der Waals surface area contributed by atoms with E-state index in [-0.39, 0.29) is 18.1 Å². The van der Waals surface area contributed by atoms with Crippen molar-refractivity contribution in [2.45, 2.75) is 6.92 Å². The summed E-state index contributed by atoms with van der Waals surface area (Å²) < 4.78 is 4.95. The Morgan fingerprint density at radius 3 is 1.93 bits per heavy atom. The number of rotatable bonds is 7. The molecule has 0 fully saturated rings. The summed E-state index contributed by atoms with van der Waals surface area (Å²) in [6, 6.07) is 23.5. The van der Waals surface area contributed by atoms with E-state index in [0.29, 0.717) is 22.4 Å². The molecule has 0 unspecified atom stereocenters. The molecule has 0 amide bonds. The van der Waals surface area contributed by atoms with Crippen LogP contribution in [0.3, 0.4) is 0 Å². The third-order valence-corrected chi connectivity index (χ3v) is 4.17. The molecule has 150 valence electrons. The number of ketones is 1. The summed E-state index contributed by atoms with van der Waals surface area (Å²) in [6.45, 7) is 2.02. The summed E-state index contributed by atoms with van der Waals surface area (Å²) in [7, 11) is 0. The molecule has 3 aromatic carbocycles. The molecule has 0 saturated heterocycles. The Morgan fingerprint density at radius 1 is 0.800 bits per heavy atom. The number of esters is 1. The Labute approximate surface area is 174 Å². The van der Waals surface area contributed by atoms with Gasteiger partial charge in [0.1, 0.15) is 0 Å². The highest BCUT2D eigenvalue weighted by Crippen LogP contribution is 2.23. The minimum Gasteiger partial charge on any atom is -0.505 e. The van der Waals surface area contributed by atoms with Gasteiger partial charge in [0, 0.05) is 11.1 Å². The van der Waals surface area contributed by atoms with Gasteiger partial charge < -0.3 is 9.84 Å². The molecule has 0 aromatic heterocycles. The van der Waals surface area contributed by atoms with Crippen LogP contribution in [-0.4, -0.2) is 23.5 Å². The third kappa shape index (κ3) is 5.05. The number of hydrogen-bond acceptors (Lipinski definition) is 6. The van der Waals surface area contributed by atoms with Gasteiger partial charge in [-0.2, -0.15) is 5.11 Å². The van der Waals surface area contributed by atoms with Crippen LogP contribution in [0.15, 0.2) is 101 Å². The molecule has 0 aliphatic carbocycles. The van der Waals surface area contributed by atoms with E-state index in [1.54, 1.807) is 85.8 Å². The van der Waals surface area contributed by atoms with Crippen molar-refractivity contribution in [1.29, 1.82) is 0 Å². The second-order valence-electron chi connectivity index (χ2n) is 6.23. The van der Waals surface area contributed by atoms with Crippen molar-refractivity contribution in [2.24, 2.45) is 10.2 Å². The van der Waals surface area contributed by atoms with E-state index in [0.717, 1.165) is 0 Å². The number of nitrogens with zero attached hydrogens (tertiary/aromatic N) is 2. The normalized spacial score (nSPS) is 11.8. The monoisotopic (exact) mass is 400 g/mol. The van der Waals surface area contributed by atoms with Crippen molar-refractivity contribution in [1.82, 2.24) is 0 Å². The number of carbonyl (C=O) groups excluding carboxylic acids is 2. The van der Waals surface area contributed by atoms with Crippen LogP contribution in [0.5, 0.6) is 0 Å². The van der Waals surface area contributed by atoms with Crippen LogP contribution in [0.25, 0.3) is 5.76 Å². The molecule has 6 heteroatoms. The molecular formula is C24H20N2O4. The lowest BCUT2D eigenvalue weighted by Gasteiger charge is -2.06. The smallest absolute Gasteiger partial charge is 0.338 e. The summed E-state index contributed by atoms with van der Waals surface area (Å²) in [4.78, 5) is 24.7. The molecule has 0 radical (unpaired) electrons. The lowest BCUT2D eigenvalue weighted by molar-refractivity contribution is 0.0526. The average molecular weight is 400 g/mol. The second kappa shape index (κ2) is 9.93. The van der Waals surface area contributed by atoms with Gasteiger partial charge in [-0.3, -0.25) is 4.79 Å². The van der Waals surface area contributed by atoms with Gasteiger partial charge in [0.15, 0.2) is 11.5 Å². The molecule has 0 saturated carbocycles. The van der Waals surface area contributed by atoms with Crippen LogP contribution < -0.4 is 0 Å². The number of aliphatic hydroxyl groups excluding tert-OH is 1. The number of aliphatic hydroxyl groups is 1. The molecule has 1 N–H and O–H groups in total. The molecule has 0 aliphatic heterocycles. The van der Waals surface area contributed by atoms with Gasteiger partial charge >= 0.3 is 5.97 Å². The Morgan fingerprint density at radius 2 is 1.37 bits per heavy atom. The van der Waals surface area contributed by atoms with Gasteiger partial charge in [-0.25, -0.2) is 4.79 Å². The van der Waals surface area contributed by atoms with Crippen molar-refractivity contribution < 1.29 is 19.4 Å². The molecule has 3 aromatic rings. The Kier molecular flexibility index (Phi) is 6.84. The van der Waals surface area contributed by atoms with Crippen molar-refractivity contribution in [3.8, 4) is 0 Å². The topological polar surface area (TPSA) is 88.3 Å². The minimum atomic E-state index is -0.455. The van der Waals surface area contributed by atoms with E-state index >= 15 is 0 Å². The first-order valence-corrected chi connectivity index (χ1v) is 9.37. The van der Waals surface area contributed by atoms with Crippen molar-refractivity contribution >= 4 is 23.2 Å². The zero-order valence-corrected chi connectivity index (χ0v) is 16.4. The van der Waals surface area contributed by atoms with Gasteiger partial charge in [0.2, 0.25) is 5.78 Å². The Balaban J connectivity index is 1.95. The van der Waals surface area contributed by atoms with Gasteiger partial charge in [-0.1, -0.05) is 60.7 Å². The van der Waals surface area contributed by atoms with E-state index in [2.05, 4.69) is 10.2 Å². The molecule has 0 heterocycles. The van der Waals surface area contributed by atoms with Gasteiger partial charge in [0.05, 0.1) is 17.9 Å². The van der Waals surface area contributed by atoms with Gasteiger partial charge in [-0.15, -0.1) is 5.11 Å². The van der Waals surface area contributed by atoms with E-state index in [4.69, 9.17) is 4.74 Å². The fourth-order valence-electron chi connectivity index (χ4n) is 2.65. The lowest BCUT2D eigenvalue weighted by atomic mass is 10.1. The summed E-state index contributed by atoms with van der Waals surface area (Å²) in [5.41, 5.74) is 1.46. The summed E-state index contributed by atoms with van der Waals surface area (Å²) >= 11 is 0. The fraction of sp³-hybridized carbons (Fsp3) is 0.0833. The second-order valence-corrected chi connectivity index (χ2v) is 6.23. The zero-order valence-electron chi connectivity index (χ0n) is 16.4. The van der Waals surface area contributed by atoms with E-state index < -0.39 is 11.8 Å². The van der Waals surface area contributed by atoms with Crippen LogP contribution in [0.2, 0.25) is 0 Å². The summed E-state index contributed by atoms with van der Waals surface area (Å²) in [5, 5.41) is 18.8. The largest absolute Gasteiger partial charge is 0.505 e. The van der Waals surface area contributed by atoms with Crippen molar-refractivity contribution in [3.05, 3.63) is 107 Å². The van der Waals surface area contributed by atoms with Gasteiger partial charge in [0.25, 0.3) is 0 Å². The molecule has 0 atom stereocenters. The molecule has 30 heavy (non-hydrogen) atoms. The third-order valence-electron chi connectivity index (χ3n) is 4.17. The number of Topliss-reactive ketones (excluding diaryl/α,β-unsaturated/α-hetero) is 1. The Bertz CT molecular complexity index is 1070. The van der Waals surface area contributed by atoms with Crippen LogP contribution in [0.4, 0.5) is 5.69 Å². The number of benzene rings is 3. The molecular weight excluding hydrogens is 380 g/mol. The molecule has 0 bridgehead atoms. The number of allylic oxidation sites excluding steroid dienone is 1. The average Bonchev–Trinajstić information content (AvgIpc) is 2.80. The van der Waals surface area contributed by atoms with Crippen molar-refractivity contribution in [3.63, 3.8) is 0 Å². The zero-order chi connectivity index (χ0) is 21.3. The minimum absolute atomic E-state index is 0.179. The number of ether oxygens (including phenoxy) is 1. The molecule has 3 rings (SSSR count). The predicted octanol–water partition coefficient (Wildman–Crippen LogP) is 5.76. The fourth-order valence-corrected chi connectivity index (χ4v) is 2.65. The first kappa shape index (κ1) is 20.7. The van der Waals surface area contributed by atoms with Gasteiger partial charge in [-0.05, 0) is 31.2 Å². The Hall–Kier alpha value is -4.06. The maximum Gasteiger partial charge on any atom is 0.338 e. The SMILES string of the molecule is CCOC(=O)c1ccc(N=N/C(C(=O)c2ccccc2)=C(\O)c2ccccc2)cc1. The molecule has 6 nitrogen and oxygen atoms in total. The highest BCUT2D eigenvalue weighted by molar-refractivity contribution is 6.12. The van der Waals surface area contributed by atoms with Crippen molar-refractivity contribution in [2.75, 3.05) is 6.61 Å². The summed E-state index contributed by atoms with van der Waals surface area (Å²) in [6.07, 6.45) is 0. The molecule has 0 aliphatic rings. The van der Waals surface area contributed by atoms with Crippen LogP contribution in [-0.2, 0) is 4.74 Å². The maximum absolute atomic E-state index is 13.0. The highest BCUT2D eigenvalue weighted by atomic mass is 16.5. The highest BCUT2D eigenvalue weighted by Gasteiger charge is 2.18. The lowest BCUT2D eigenvalue weighted by Crippen LogP contribution is -2.04. The van der Waals surface area contributed by atoms with Crippen LogP contribution >= 0.6 is 0 Å². The van der Waals surface area contributed by atoms with E-state index in [9.17, 15) is 14.7 Å². The summed E-state index contributed by atoms with van der Waals surface area (Å²) in [5.74, 6) is -1.15. The van der Waals surface area contributed by atoms with Crippen LogP contribution in [0.1, 0.15) is 33.2 Å². The van der Waals surface area contributed by atoms with Crippen LogP contribution in [0, 0.1) is 0 Å². The standard InChI is InChI=1S/C24H20N2O4/c1-2-30-24(29)19-13-15-20(16-14-19)25-26-21(22(27)17-9-5-3-6-10-17)23(28)18-11-7-4-8-12-18/h3-16,27H,2H2,1H3/b22-21-,26-25?. The first-order chi connectivity index (χ1) is 14.6. The number of azo groups is 1. The first-order valence-electron chi connectivity index (χ1n) is 9.37. The van der Waals surface area contributed by atoms with E-state index in [1.165, 1.54) is 0 Å². The maximum atomic E-state index is 13.0. The number of hydrogen-bond donors (Lipinski definition) is 1.